The van der Waals surface area contributed by atoms with Gasteiger partial charge >= 0.3 is 0 Å². The lowest BCUT2D eigenvalue weighted by atomic mass is 10.1. The van der Waals surface area contributed by atoms with Crippen LogP contribution in [0.15, 0.2) is 72.8 Å². The van der Waals surface area contributed by atoms with Crippen molar-refractivity contribution in [3.05, 3.63) is 95.3 Å². The second-order valence-electron chi connectivity index (χ2n) is 8.36. The van der Waals surface area contributed by atoms with E-state index in [0.29, 0.717) is 18.5 Å². The summed E-state index contributed by atoms with van der Waals surface area (Å²) in [7, 11) is 0. The van der Waals surface area contributed by atoms with E-state index in [1.807, 2.05) is 67.6 Å². The summed E-state index contributed by atoms with van der Waals surface area (Å²) in [5.74, 6) is 0.829. The van der Waals surface area contributed by atoms with Crippen molar-refractivity contribution < 1.29 is 9.59 Å². The van der Waals surface area contributed by atoms with Crippen LogP contribution in [-0.4, -0.2) is 28.3 Å². The van der Waals surface area contributed by atoms with Gasteiger partial charge < -0.3 is 15.6 Å². The molecule has 0 atom stereocenters. The van der Waals surface area contributed by atoms with E-state index in [9.17, 15) is 9.59 Å². The molecule has 3 N–H and O–H groups in total. The Hall–Kier alpha value is -3.93. The zero-order valence-electron chi connectivity index (χ0n) is 19.4. The molecule has 6 nitrogen and oxygen atoms in total. The van der Waals surface area contributed by atoms with Crippen molar-refractivity contribution in [2.75, 3.05) is 11.9 Å². The summed E-state index contributed by atoms with van der Waals surface area (Å²) in [6, 6.07) is 23.8. The first kappa shape index (κ1) is 23.2. The highest BCUT2D eigenvalue weighted by Crippen LogP contribution is 2.16. The monoisotopic (exact) mass is 454 g/mol. The molecule has 2 amide bonds. The number of nitrogens with one attached hydrogen (secondary N) is 3. The summed E-state index contributed by atoms with van der Waals surface area (Å²) in [6.07, 6.45) is 3.90. The van der Waals surface area contributed by atoms with Crippen molar-refractivity contribution in [3.63, 3.8) is 0 Å². The number of amides is 2. The van der Waals surface area contributed by atoms with Crippen LogP contribution in [0.25, 0.3) is 11.0 Å². The Kier molecular flexibility index (Phi) is 7.71. The topological polar surface area (TPSA) is 86.9 Å². The van der Waals surface area contributed by atoms with Gasteiger partial charge in [-0.3, -0.25) is 9.59 Å². The van der Waals surface area contributed by atoms with Gasteiger partial charge in [-0.25, -0.2) is 4.98 Å². The number of H-pyrrole nitrogens is 1. The fraction of sp³-hybridized carbons (Fsp3) is 0.250. The molecular weight excluding hydrogens is 424 g/mol. The van der Waals surface area contributed by atoms with Gasteiger partial charge in [0.2, 0.25) is 5.91 Å². The zero-order chi connectivity index (χ0) is 23.8. The smallest absolute Gasteiger partial charge is 0.251 e. The number of anilines is 1. The molecule has 6 heteroatoms. The van der Waals surface area contributed by atoms with Gasteiger partial charge in [-0.15, -0.1) is 0 Å². The number of carbonyl (C=O) groups is 2. The number of benzene rings is 3. The number of aryl methyl sites for hydroxylation is 3. The fourth-order valence-corrected chi connectivity index (χ4v) is 3.83. The average Bonchev–Trinajstić information content (AvgIpc) is 3.29. The van der Waals surface area contributed by atoms with Crippen LogP contribution in [0, 0.1) is 0 Å². The first-order chi connectivity index (χ1) is 16.6. The zero-order valence-corrected chi connectivity index (χ0v) is 19.4. The highest BCUT2D eigenvalue weighted by Gasteiger charge is 2.09. The number of hydrogen-bond donors (Lipinski definition) is 3. The molecule has 4 aromatic rings. The Bertz CT molecular complexity index is 1250. The number of aromatic nitrogens is 2. The number of carbonyl (C=O) groups excluding carboxylic acids is 2. The van der Waals surface area contributed by atoms with Gasteiger partial charge in [-0.05, 0) is 60.7 Å². The molecule has 4 rings (SSSR count). The maximum atomic E-state index is 12.6. The molecule has 174 valence electrons. The van der Waals surface area contributed by atoms with Gasteiger partial charge in [-0.1, -0.05) is 49.4 Å². The van der Waals surface area contributed by atoms with Gasteiger partial charge in [-0.2, -0.15) is 0 Å². The summed E-state index contributed by atoms with van der Waals surface area (Å²) in [5.41, 5.74) is 5.61. The van der Waals surface area contributed by atoms with Crippen LogP contribution >= 0.6 is 0 Å². The molecular formula is C28H30N4O2. The standard InChI is InChI=1S/C28H30N4O2/c1-2-27(33)30-23-14-10-21(11-15-23)12-17-26-31-24-16-13-22(19-25(24)32-26)28(34)29-18-6-9-20-7-4-3-5-8-20/h3-5,7-8,10-11,13-16,19H,2,6,9,12,17-18H2,1H3,(H,29,34)(H,30,33)(H,31,32). The third kappa shape index (κ3) is 6.32. The molecule has 3 aromatic carbocycles. The van der Waals surface area contributed by atoms with E-state index in [4.69, 9.17) is 0 Å². The lowest BCUT2D eigenvalue weighted by molar-refractivity contribution is -0.115. The predicted molar refractivity (Wildman–Crippen MR) is 136 cm³/mol. The van der Waals surface area contributed by atoms with Crippen molar-refractivity contribution in [1.29, 1.82) is 0 Å². The molecule has 0 fully saturated rings. The van der Waals surface area contributed by atoms with Crippen LogP contribution in [0.5, 0.6) is 0 Å². The number of aromatic amines is 1. The van der Waals surface area contributed by atoms with Gasteiger partial charge in [0.25, 0.3) is 5.91 Å². The van der Waals surface area contributed by atoms with Crippen LogP contribution in [0.1, 0.15) is 47.1 Å². The summed E-state index contributed by atoms with van der Waals surface area (Å²) in [6.45, 7) is 2.47. The Morgan fingerprint density at radius 1 is 0.882 bits per heavy atom. The molecule has 0 saturated heterocycles. The molecule has 0 spiro atoms. The van der Waals surface area contributed by atoms with Crippen LogP contribution in [-0.2, 0) is 24.1 Å². The molecule has 34 heavy (non-hydrogen) atoms. The third-order valence-electron chi connectivity index (χ3n) is 5.77. The lowest BCUT2D eigenvalue weighted by Crippen LogP contribution is -2.24. The Labute approximate surface area is 199 Å². The Balaban J connectivity index is 1.29. The number of nitrogens with zero attached hydrogens (tertiary/aromatic N) is 1. The molecule has 0 saturated carbocycles. The Morgan fingerprint density at radius 2 is 1.65 bits per heavy atom. The normalized spacial score (nSPS) is 10.9. The second kappa shape index (κ2) is 11.3. The highest BCUT2D eigenvalue weighted by atomic mass is 16.2. The van der Waals surface area contributed by atoms with E-state index in [1.165, 1.54) is 11.1 Å². The van der Waals surface area contributed by atoms with Crippen molar-refractivity contribution in [1.82, 2.24) is 15.3 Å². The molecule has 0 aliphatic carbocycles. The number of hydrogen-bond acceptors (Lipinski definition) is 3. The Morgan fingerprint density at radius 3 is 2.41 bits per heavy atom. The van der Waals surface area contributed by atoms with Gasteiger partial charge in [0.1, 0.15) is 5.82 Å². The summed E-state index contributed by atoms with van der Waals surface area (Å²) in [5, 5.41) is 5.87. The SMILES string of the molecule is CCC(=O)Nc1ccc(CCc2nc3ccc(C(=O)NCCCc4ccccc4)cc3[nH]2)cc1. The number of imidazole rings is 1. The van der Waals surface area contributed by atoms with Crippen LogP contribution < -0.4 is 10.6 Å². The molecule has 0 unspecified atom stereocenters. The van der Waals surface area contributed by atoms with Crippen molar-refractivity contribution in [3.8, 4) is 0 Å². The minimum Gasteiger partial charge on any atom is -0.352 e. The minimum atomic E-state index is -0.0682. The van der Waals surface area contributed by atoms with Crippen LogP contribution in [0.3, 0.4) is 0 Å². The van der Waals surface area contributed by atoms with E-state index in [1.54, 1.807) is 0 Å². The van der Waals surface area contributed by atoms with Crippen LogP contribution in [0.2, 0.25) is 0 Å². The third-order valence-corrected chi connectivity index (χ3v) is 5.77. The number of fused-ring (bicyclic) bond motifs is 1. The highest BCUT2D eigenvalue weighted by molar-refractivity contribution is 5.97. The largest absolute Gasteiger partial charge is 0.352 e. The van der Waals surface area contributed by atoms with E-state index >= 15 is 0 Å². The van der Waals surface area contributed by atoms with Gasteiger partial charge in [0.05, 0.1) is 11.0 Å². The minimum absolute atomic E-state index is 0.00950. The first-order valence-corrected chi connectivity index (χ1v) is 11.8. The number of rotatable bonds is 10. The fourth-order valence-electron chi connectivity index (χ4n) is 3.83. The van der Waals surface area contributed by atoms with Gasteiger partial charge in [0.15, 0.2) is 0 Å². The molecule has 0 aliphatic rings. The molecule has 1 heterocycles. The summed E-state index contributed by atoms with van der Waals surface area (Å²) in [4.78, 5) is 32.1. The maximum absolute atomic E-state index is 12.6. The summed E-state index contributed by atoms with van der Waals surface area (Å²) < 4.78 is 0. The quantitative estimate of drug-likeness (QED) is 0.293. The molecule has 0 bridgehead atoms. The van der Waals surface area contributed by atoms with Gasteiger partial charge in [0, 0.05) is 30.6 Å². The molecule has 0 aliphatic heterocycles. The second-order valence-corrected chi connectivity index (χ2v) is 8.36. The average molecular weight is 455 g/mol. The van der Waals surface area contributed by atoms with E-state index in [0.717, 1.165) is 48.2 Å². The van der Waals surface area contributed by atoms with E-state index in [2.05, 4.69) is 32.7 Å². The van der Waals surface area contributed by atoms with Crippen molar-refractivity contribution in [2.24, 2.45) is 0 Å². The summed E-state index contributed by atoms with van der Waals surface area (Å²) >= 11 is 0. The maximum Gasteiger partial charge on any atom is 0.251 e. The van der Waals surface area contributed by atoms with Crippen LogP contribution in [0.4, 0.5) is 5.69 Å². The van der Waals surface area contributed by atoms with Crippen molar-refractivity contribution >= 4 is 28.5 Å². The van der Waals surface area contributed by atoms with E-state index in [-0.39, 0.29) is 11.8 Å². The molecule has 0 radical (unpaired) electrons. The first-order valence-electron chi connectivity index (χ1n) is 11.8. The lowest BCUT2D eigenvalue weighted by Gasteiger charge is -2.05. The predicted octanol–water partition coefficient (Wildman–Crippen LogP) is 5.06. The molecule has 1 aromatic heterocycles. The van der Waals surface area contributed by atoms with Crippen molar-refractivity contribution in [2.45, 2.75) is 39.0 Å². The van der Waals surface area contributed by atoms with E-state index < -0.39 is 0 Å².